The van der Waals surface area contributed by atoms with E-state index in [1.54, 1.807) is 7.11 Å². The number of hydrogen-bond donors (Lipinski definition) is 1. The Labute approximate surface area is 122 Å². The van der Waals surface area contributed by atoms with Crippen molar-refractivity contribution in [1.29, 1.82) is 0 Å². The number of likely N-dealkylation sites (N-methyl/N-ethyl adjacent to an activating group) is 1. The highest BCUT2D eigenvalue weighted by atomic mass is 16.5. The van der Waals surface area contributed by atoms with Gasteiger partial charge in [-0.1, -0.05) is 12.5 Å². The summed E-state index contributed by atoms with van der Waals surface area (Å²) in [6.07, 6.45) is 6.53. The van der Waals surface area contributed by atoms with E-state index < -0.39 is 0 Å². The van der Waals surface area contributed by atoms with Gasteiger partial charge in [-0.3, -0.25) is 4.90 Å². The minimum Gasteiger partial charge on any atom is -0.497 e. The van der Waals surface area contributed by atoms with Crippen LogP contribution in [0.1, 0.15) is 42.9 Å². The number of methoxy groups -OCH3 is 1. The topological polar surface area (TPSA) is 24.5 Å². The van der Waals surface area contributed by atoms with Crippen LogP contribution in [0.15, 0.2) is 18.2 Å². The third kappa shape index (κ3) is 2.57. The lowest BCUT2D eigenvalue weighted by Crippen LogP contribution is -2.46. The molecule has 0 radical (unpaired) electrons. The average Bonchev–Trinajstić information content (AvgIpc) is 2.91. The van der Waals surface area contributed by atoms with Crippen LogP contribution in [-0.4, -0.2) is 38.2 Å². The Morgan fingerprint density at radius 1 is 1.30 bits per heavy atom. The van der Waals surface area contributed by atoms with Gasteiger partial charge in [0.15, 0.2) is 0 Å². The van der Waals surface area contributed by atoms with E-state index in [9.17, 15) is 0 Å². The Kier molecular flexibility index (Phi) is 4.27. The summed E-state index contributed by atoms with van der Waals surface area (Å²) >= 11 is 0. The lowest BCUT2D eigenvalue weighted by Gasteiger charge is -2.40. The van der Waals surface area contributed by atoms with Gasteiger partial charge in [0, 0.05) is 18.6 Å². The standard InChI is InChI=1S/C17H26N2O/c1-18-12-14-5-3-4-10-19(14)17-9-7-13-6-8-15(20-2)11-16(13)17/h6,8,11,14,17-18H,3-5,7,9-10,12H2,1-2H3. The molecule has 3 rings (SSSR count). The van der Waals surface area contributed by atoms with Gasteiger partial charge in [0.1, 0.15) is 5.75 Å². The van der Waals surface area contributed by atoms with Crippen molar-refractivity contribution < 1.29 is 4.74 Å². The molecule has 0 saturated carbocycles. The third-order valence-corrected chi connectivity index (χ3v) is 4.91. The lowest BCUT2D eigenvalue weighted by molar-refractivity contribution is 0.0945. The largest absolute Gasteiger partial charge is 0.497 e. The smallest absolute Gasteiger partial charge is 0.119 e. The van der Waals surface area contributed by atoms with Crippen molar-refractivity contribution in [3.63, 3.8) is 0 Å². The summed E-state index contributed by atoms with van der Waals surface area (Å²) in [7, 11) is 3.83. The molecule has 1 heterocycles. The summed E-state index contributed by atoms with van der Waals surface area (Å²) in [6.45, 7) is 2.35. The van der Waals surface area contributed by atoms with E-state index in [4.69, 9.17) is 4.74 Å². The molecule has 0 amide bonds. The monoisotopic (exact) mass is 274 g/mol. The third-order valence-electron chi connectivity index (χ3n) is 4.91. The first-order valence-electron chi connectivity index (χ1n) is 7.90. The molecule has 110 valence electrons. The first kappa shape index (κ1) is 13.9. The molecule has 3 heteroatoms. The Morgan fingerprint density at radius 2 is 2.20 bits per heavy atom. The second kappa shape index (κ2) is 6.15. The van der Waals surface area contributed by atoms with E-state index in [2.05, 4.69) is 35.5 Å². The molecule has 2 atom stereocenters. The van der Waals surface area contributed by atoms with Gasteiger partial charge >= 0.3 is 0 Å². The van der Waals surface area contributed by atoms with Crippen molar-refractivity contribution in [2.45, 2.75) is 44.2 Å². The van der Waals surface area contributed by atoms with Gasteiger partial charge in [-0.05, 0) is 62.5 Å². The van der Waals surface area contributed by atoms with Gasteiger partial charge in [-0.25, -0.2) is 0 Å². The van der Waals surface area contributed by atoms with Crippen molar-refractivity contribution >= 4 is 0 Å². The van der Waals surface area contributed by atoms with Crippen LogP contribution in [0.25, 0.3) is 0 Å². The molecule has 1 fully saturated rings. The zero-order valence-electron chi connectivity index (χ0n) is 12.7. The first-order chi connectivity index (χ1) is 9.83. The normalized spacial score (nSPS) is 26.5. The highest BCUT2D eigenvalue weighted by Gasteiger charge is 2.33. The molecule has 20 heavy (non-hydrogen) atoms. The lowest BCUT2D eigenvalue weighted by atomic mass is 9.97. The van der Waals surface area contributed by atoms with Gasteiger partial charge in [0.2, 0.25) is 0 Å². The second-order valence-electron chi connectivity index (χ2n) is 6.06. The molecule has 2 unspecified atom stereocenters. The zero-order valence-corrected chi connectivity index (χ0v) is 12.7. The van der Waals surface area contributed by atoms with Gasteiger partial charge < -0.3 is 10.1 Å². The molecule has 2 aliphatic rings. The fourth-order valence-corrected chi connectivity index (χ4v) is 3.92. The summed E-state index contributed by atoms with van der Waals surface area (Å²) in [6, 6.07) is 7.90. The van der Waals surface area contributed by atoms with Gasteiger partial charge in [0.05, 0.1) is 7.11 Å². The van der Waals surface area contributed by atoms with Crippen molar-refractivity contribution in [3.8, 4) is 5.75 Å². The average molecular weight is 274 g/mol. The predicted molar refractivity (Wildman–Crippen MR) is 82.3 cm³/mol. The quantitative estimate of drug-likeness (QED) is 0.913. The van der Waals surface area contributed by atoms with Crippen LogP contribution in [0, 0.1) is 0 Å². The molecule has 1 aromatic carbocycles. The van der Waals surface area contributed by atoms with Crippen LogP contribution in [0.2, 0.25) is 0 Å². The number of ether oxygens (including phenoxy) is 1. The fraction of sp³-hybridized carbons (Fsp3) is 0.647. The van der Waals surface area contributed by atoms with E-state index in [0.29, 0.717) is 12.1 Å². The van der Waals surface area contributed by atoms with E-state index in [1.807, 2.05) is 0 Å². The van der Waals surface area contributed by atoms with Crippen molar-refractivity contribution in [2.75, 3.05) is 27.2 Å². The maximum absolute atomic E-state index is 5.42. The Hall–Kier alpha value is -1.06. The van der Waals surface area contributed by atoms with Crippen molar-refractivity contribution in [3.05, 3.63) is 29.3 Å². The number of hydrogen-bond acceptors (Lipinski definition) is 3. The van der Waals surface area contributed by atoms with Gasteiger partial charge in [-0.15, -0.1) is 0 Å². The highest BCUT2D eigenvalue weighted by Crippen LogP contribution is 2.40. The van der Waals surface area contributed by atoms with Crippen LogP contribution in [0.5, 0.6) is 5.75 Å². The Morgan fingerprint density at radius 3 is 3.00 bits per heavy atom. The van der Waals surface area contributed by atoms with Crippen LogP contribution in [-0.2, 0) is 6.42 Å². The second-order valence-corrected chi connectivity index (χ2v) is 6.06. The number of likely N-dealkylation sites (tertiary alicyclic amines) is 1. The predicted octanol–water partition coefficient (Wildman–Crippen LogP) is 2.76. The molecule has 1 N–H and O–H groups in total. The minimum absolute atomic E-state index is 0.596. The first-order valence-corrected chi connectivity index (χ1v) is 7.90. The number of piperidine rings is 1. The molecule has 1 saturated heterocycles. The molecule has 0 aromatic heterocycles. The molecule has 1 aromatic rings. The zero-order chi connectivity index (χ0) is 13.9. The molecule has 0 bridgehead atoms. The van der Waals surface area contributed by atoms with E-state index in [-0.39, 0.29) is 0 Å². The number of nitrogens with zero attached hydrogens (tertiary/aromatic N) is 1. The number of fused-ring (bicyclic) bond motifs is 1. The summed E-state index contributed by atoms with van der Waals surface area (Å²) in [5.74, 6) is 0.998. The van der Waals surface area contributed by atoms with Crippen LogP contribution < -0.4 is 10.1 Å². The summed E-state index contributed by atoms with van der Waals surface area (Å²) in [4.78, 5) is 2.74. The highest BCUT2D eigenvalue weighted by molar-refractivity contribution is 5.41. The molecule has 1 aliphatic carbocycles. The number of aryl methyl sites for hydroxylation is 1. The molecule has 3 nitrogen and oxygen atoms in total. The Balaban J connectivity index is 1.84. The number of nitrogens with one attached hydrogen (secondary N) is 1. The van der Waals surface area contributed by atoms with Crippen molar-refractivity contribution in [2.24, 2.45) is 0 Å². The number of rotatable bonds is 4. The fourth-order valence-electron chi connectivity index (χ4n) is 3.92. The minimum atomic E-state index is 0.596. The molecular formula is C17H26N2O. The Bertz CT molecular complexity index is 458. The van der Waals surface area contributed by atoms with Crippen LogP contribution in [0.3, 0.4) is 0 Å². The molecule has 0 spiro atoms. The molecular weight excluding hydrogens is 248 g/mol. The van der Waals surface area contributed by atoms with Gasteiger partial charge in [-0.2, -0.15) is 0 Å². The summed E-state index contributed by atoms with van der Waals surface area (Å²) < 4.78 is 5.42. The molecule has 1 aliphatic heterocycles. The van der Waals surface area contributed by atoms with Crippen LogP contribution in [0.4, 0.5) is 0 Å². The van der Waals surface area contributed by atoms with Crippen LogP contribution >= 0.6 is 0 Å². The summed E-state index contributed by atoms with van der Waals surface area (Å²) in [5, 5.41) is 3.37. The van der Waals surface area contributed by atoms with E-state index >= 15 is 0 Å². The van der Waals surface area contributed by atoms with E-state index in [0.717, 1.165) is 12.3 Å². The maximum Gasteiger partial charge on any atom is 0.119 e. The van der Waals surface area contributed by atoms with Crippen molar-refractivity contribution in [1.82, 2.24) is 10.2 Å². The summed E-state index contributed by atoms with van der Waals surface area (Å²) in [5.41, 5.74) is 3.02. The SMILES string of the molecule is CNCC1CCCCN1C1CCc2ccc(OC)cc21. The number of benzene rings is 1. The maximum atomic E-state index is 5.42. The van der Waals surface area contributed by atoms with Gasteiger partial charge in [0.25, 0.3) is 0 Å². The van der Waals surface area contributed by atoms with E-state index in [1.165, 1.54) is 49.8 Å².